The number of thiophene rings is 2. The molecule has 2 unspecified atom stereocenters. The van der Waals surface area contributed by atoms with Crippen molar-refractivity contribution < 1.29 is 9.59 Å². The topological polar surface area (TPSA) is 85.5 Å². The van der Waals surface area contributed by atoms with E-state index in [2.05, 4.69) is 11.2 Å². The summed E-state index contributed by atoms with van der Waals surface area (Å²) in [6, 6.07) is 7.21. The first kappa shape index (κ1) is 23.3. The fraction of sp³-hybridized carbons (Fsp3) is 0.364. The Morgan fingerprint density at radius 2 is 2.06 bits per heavy atom. The van der Waals surface area contributed by atoms with E-state index in [0.717, 1.165) is 4.88 Å². The van der Waals surface area contributed by atoms with Gasteiger partial charge in [-0.3, -0.25) is 4.79 Å². The van der Waals surface area contributed by atoms with E-state index in [4.69, 9.17) is 11.6 Å². The van der Waals surface area contributed by atoms with Crippen LogP contribution in [0.4, 0.5) is 10.6 Å². The molecule has 4 rings (SSSR count). The largest absolute Gasteiger partial charge is 0.353 e. The van der Waals surface area contributed by atoms with Crippen LogP contribution in [0.2, 0.25) is 4.34 Å². The average Bonchev–Trinajstić information content (AvgIpc) is 3.51. The van der Waals surface area contributed by atoms with Gasteiger partial charge in [0.1, 0.15) is 17.3 Å². The number of nitrogens with zero attached hydrogens (tertiary/aromatic N) is 6. The van der Waals surface area contributed by atoms with Crippen molar-refractivity contribution in [3.8, 4) is 6.07 Å². The van der Waals surface area contributed by atoms with E-state index in [1.165, 1.54) is 32.3 Å². The predicted molar refractivity (Wildman–Crippen MR) is 130 cm³/mol. The van der Waals surface area contributed by atoms with Gasteiger partial charge in [-0.05, 0) is 23.6 Å². The first-order valence-electron chi connectivity index (χ1n) is 10.3. The first-order valence-corrected chi connectivity index (χ1v) is 12.4. The number of anilines is 1. The van der Waals surface area contributed by atoms with Crippen molar-refractivity contribution >= 4 is 52.0 Å². The van der Waals surface area contributed by atoms with Crippen molar-refractivity contribution in [2.45, 2.75) is 19.5 Å². The van der Waals surface area contributed by atoms with Gasteiger partial charge < -0.3 is 14.7 Å². The third kappa shape index (κ3) is 4.24. The molecule has 0 radical (unpaired) electrons. The zero-order valence-electron chi connectivity index (χ0n) is 18.6. The summed E-state index contributed by atoms with van der Waals surface area (Å²) in [6.45, 7) is 3.04. The number of halogens is 1. The monoisotopic (exact) mass is 502 g/mol. The second kappa shape index (κ2) is 9.17. The lowest BCUT2D eigenvalue weighted by Gasteiger charge is -2.46. The summed E-state index contributed by atoms with van der Waals surface area (Å²) in [6.07, 6.45) is 0. The van der Waals surface area contributed by atoms with E-state index in [1.807, 2.05) is 36.4 Å². The van der Waals surface area contributed by atoms with Crippen molar-refractivity contribution in [3.63, 3.8) is 0 Å². The van der Waals surface area contributed by atoms with E-state index in [-0.39, 0.29) is 23.9 Å². The van der Waals surface area contributed by atoms with Crippen LogP contribution in [0.25, 0.3) is 0 Å². The molecule has 3 aromatic rings. The number of rotatable bonds is 5. The molecule has 1 saturated heterocycles. The molecule has 0 aromatic carbocycles. The van der Waals surface area contributed by atoms with Crippen LogP contribution in [0, 0.1) is 17.2 Å². The summed E-state index contributed by atoms with van der Waals surface area (Å²) in [4.78, 5) is 32.1. The zero-order chi connectivity index (χ0) is 23.9. The predicted octanol–water partition coefficient (Wildman–Crippen LogP) is 4.53. The molecule has 8 nitrogen and oxygen atoms in total. The van der Waals surface area contributed by atoms with Gasteiger partial charge >= 0.3 is 6.03 Å². The summed E-state index contributed by atoms with van der Waals surface area (Å²) in [5, 5.41) is 18.4. The number of carbonyl (C=O) groups is 2. The van der Waals surface area contributed by atoms with Gasteiger partial charge in [0.05, 0.1) is 22.5 Å². The lowest BCUT2D eigenvalue weighted by molar-refractivity contribution is 0.0426. The standard InChI is InChI=1S/C22H23ClN6O2S2/c1-13-10-28(22(31)26(2)3)19(13)18-16(9-24)20(27(4)11-15-5-6-17(23)33-15)29(25-18)21(30)14-7-8-32-12-14/h5-8,12-13,19H,10-11H2,1-4H3. The normalized spacial score (nSPS) is 17.4. The molecule has 0 aliphatic carbocycles. The SMILES string of the molecule is CC1CN(C(=O)N(C)C)C1c1nn(C(=O)c2ccsc2)c(N(C)Cc2ccc(Cl)s2)c1C#N. The molecular weight excluding hydrogens is 480 g/mol. The Morgan fingerprint density at radius 1 is 1.30 bits per heavy atom. The molecule has 0 saturated carbocycles. The van der Waals surface area contributed by atoms with Crippen LogP contribution in [-0.4, -0.2) is 59.2 Å². The van der Waals surface area contributed by atoms with E-state index >= 15 is 0 Å². The Bertz CT molecular complexity index is 1230. The number of hydrogen-bond acceptors (Lipinski definition) is 7. The van der Waals surface area contributed by atoms with Crippen molar-refractivity contribution in [2.24, 2.45) is 5.92 Å². The van der Waals surface area contributed by atoms with Crippen LogP contribution in [0.5, 0.6) is 0 Å². The first-order chi connectivity index (χ1) is 15.7. The molecule has 0 spiro atoms. The van der Waals surface area contributed by atoms with Crippen LogP contribution in [0.15, 0.2) is 29.0 Å². The van der Waals surface area contributed by atoms with E-state index < -0.39 is 0 Å². The lowest BCUT2D eigenvalue weighted by Crippen LogP contribution is -2.54. The number of likely N-dealkylation sites (tertiary alicyclic amines) is 1. The quantitative estimate of drug-likeness (QED) is 0.511. The second-order valence-electron chi connectivity index (χ2n) is 8.24. The van der Waals surface area contributed by atoms with E-state index in [0.29, 0.717) is 40.1 Å². The highest BCUT2D eigenvalue weighted by molar-refractivity contribution is 7.16. The molecule has 0 bridgehead atoms. The maximum Gasteiger partial charge on any atom is 0.320 e. The van der Waals surface area contributed by atoms with Crippen LogP contribution >= 0.6 is 34.3 Å². The van der Waals surface area contributed by atoms with Gasteiger partial charge in [0.15, 0.2) is 5.82 Å². The summed E-state index contributed by atoms with van der Waals surface area (Å²) < 4.78 is 1.97. The minimum absolute atomic E-state index is 0.106. The van der Waals surface area contributed by atoms with Gasteiger partial charge in [-0.15, -0.1) is 11.3 Å². The van der Waals surface area contributed by atoms with Crippen molar-refractivity contribution in [1.82, 2.24) is 19.6 Å². The molecule has 11 heteroatoms. The minimum Gasteiger partial charge on any atom is -0.353 e. The molecule has 1 fully saturated rings. The van der Waals surface area contributed by atoms with Crippen LogP contribution < -0.4 is 4.90 Å². The highest BCUT2D eigenvalue weighted by Gasteiger charge is 2.45. The van der Waals surface area contributed by atoms with Crippen LogP contribution in [0.1, 0.15) is 39.5 Å². The summed E-state index contributed by atoms with van der Waals surface area (Å²) in [7, 11) is 5.20. The maximum atomic E-state index is 13.4. The van der Waals surface area contributed by atoms with E-state index in [9.17, 15) is 14.9 Å². The minimum atomic E-state index is -0.380. The smallest absolute Gasteiger partial charge is 0.320 e. The van der Waals surface area contributed by atoms with Crippen molar-refractivity contribution in [1.29, 1.82) is 5.26 Å². The molecule has 172 valence electrons. The Balaban J connectivity index is 1.81. The van der Waals surface area contributed by atoms with Gasteiger partial charge in [-0.2, -0.15) is 26.4 Å². The fourth-order valence-electron chi connectivity index (χ4n) is 4.05. The number of nitriles is 1. The van der Waals surface area contributed by atoms with Gasteiger partial charge in [0.2, 0.25) is 0 Å². The van der Waals surface area contributed by atoms with Crippen molar-refractivity contribution in [2.75, 3.05) is 32.6 Å². The average molecular weight is 503 g/mol. The molecule has 33 heavy (non-hydrogen) atoms. The molecule has 4 heterocycles. The van der Waals surface area contributed by atoms with Crippen LogP contribution in [-0.2, 0) is 6.54 Å². The lowest BCUT2D eigenvalue weighted by atomic mass is 9.86. The molecule has 2 atom stereocenters. The third-order valence-electron chi connectivity index (χ3n) is 5.61. The van der Waals surface area contributed by atoms with Gasteiger partial charge in [0, 0.05) is 43.9 Å². The fourth-order valence-corrected chi connectivity index (χ4v) is 5.82. The van der Waals surface area contributed by atoms with Crippen molar-refractivity contribution in [3.05, 3.63) is 55.0 Å². The highest BCUT2D eigenvalue weighted by Crippen LogP contribution is 2.42. The van der Waals surface area contributed by atoms with E-state index in [1.54, 1.807) is 30.4 Å². The zero-order valence-corrected chi connectivity index (χ0v) is 21.0. The number of carbonyl (C=O) groups excluding carboxylic acids is 2. The number of aromatic nitrogens is 2. The maximum absolute atomic E-state index is 13.4. The molecule has 1 aliphatic rings. The number of amides is 2. The van der Waals surface area contributed by atoms with Crippen LogP contribution in [0.3, 0.4) is 0 Å². The Kier molecular flexibility index (Phi) is 6.47. The Morgan fingerprint density at radius 3 is 2.61 bits per heavy atom. The Labute approximate surface area is 205 Å². The number of hydrogen-bond donors (Lipinski definition) is 0. The summed E-state index contributed by atoms with van der Waals surface area (Å²) in [5.41, 5.74) is 1.24. The third-order valence-corrected chi connectivity index (χ3v) is 7.51. The highest BCUT2D eigenvalue weighted by atomic mass is 35.5. The van der Waals surface area contributed by atoms with Gasteiger partial charge in [-0.25, -0.2) is 4.79 Å². The van der Waals surface area contributed by atoms with Gasteiger partial charge in [-0.1, -0.05) is 18.5 Å². The van der Waals surface area contributed by atoms with Gasteiger partial charge in [0.25, 0.3) is 5.91 Å². The number of urea groups is 1. The summed E-state index contributed by atoms with van der Waals surface area (Å²) >= 11 is 8.95. The Hall–Kier alpha value is -2.87. The summed E-state index contributed by atoms with van der Waals surface area (Å²) in [5.74, 6) is 0.196. The molecule has 2 amide bonds. The molecule has 1 aliphatic heterocycles. The molecule has 3 aromatic heterocycles. The second-order valence-corrected chi connectivity index (χ2v) is 10.8. The molecular formula is C22H23ClN6O2S2. The molecule has 0 N–H and O–H groups in total.